The summed E-state index contributed by atoms with van der Waals surface area (Å²) in [4.78, 5) is 16.6. The molecule has 0 atom stereocenters. The highest BCUT2D eigenvalue weighted by molar-refractivity contribution is 5.90. The molecule has 19 heavy (non-hydrogen) atoms. The maximum absolute atomic E-state index is 11.3. The lowest BCUT2D eigenvalue weighted by Gasteiger charge is -2.08. The van der Waals surface area contributed by atoms with E-state index in [1.165, 1.54) is 25.3 Å². The van der Waals surface area contributed by atoms with Crippen LogP contribution in [0.5, 0.6) is 5.75 Å². The quantitative estimate of drug-likeness (QED) is 0.256. The number of carbonyl (C=O) groups is 1. The summed E-state index contributed by atoms with van der Waals surface area (Å²) in [7, 11) is 1.25. The molecule has 0 fully saturated rings. The number of hydrogen-bond acceptors (Lipinski definition) is 5. The standard InChI is InChI=1S/C10H10N6O3/c1-18-10(17)7-2-3-9(8(6-7)14-16-12)19-5-4-13-15-11/h2-3,6H,4-5H2,1H3. The number of hydrogen-bond donors (Lipinski definition) is 0. The molecule has 0 N–H and O–H groups in total. The van der Waals surface area contributed by atoms with Crippen molar-refractivity contribution in [1.82, 2.24) is 0 Å². The largest absolute Gasteiger partial charge is 0.493 e. The molecular formula is C10H10N6O3. The Kier molecular flexibility index (Phi) is 5.55. The van der Waals surface area contributed by atoms with E-state index >= 15 is 0 Å². The predicted octanol–water partition coefficient (Wildman–Crippen LogP) is 3.10. The second-order valence-electron chi connectivity index (χ2n) is 3.17. The zero-order chi connectivity index (χ0) is 14.1. The van der Waals surface area contributed by atoms with Crippen molar-refractivity contribution in [1.29, 1.82) is 0 Å². The minimum atomic E-state index is -0.546. The van der Waals surface area contributed by atoms with Crippen LogP contribution in [0.1, 0.15) is 10.4 Å². The zero-order valence-electron chi connectivity index (χ0n) is 10.1. The number of methoxy groups -OCH3 is 1. The molecule has 0 bridgehead atoms. The molecule has 1 rings (SSSR count). The summed E-state index contributed by atoms with van der Waals surface area (Å²) < 4.78 is 9.83. The van der Waals surface area contributed by atoms with Gasteiger partial charge >= 0.3 is 5.97 Å². The number of esters is 1. The van der Waals surface area contributed by atoms with E-state index in [4.69, 9.17) is 15.8 Å². The Bertz CT molecular complexity index is 560. The Morgan fingerprint density at radius 3 is 2.79 bits per heavy atom. The number of ether oxygens (including phenoxy) is 2. The van der Waals surface area contributed by atoms with Crippen LogP contribution in [0, 0.1) is 0 Å². The van der Waals surface area contributed by atoms with E-state index in [1.54, 1.807) is 0 Å². The molecule has 0 aliphatic carbocycles. The Hall–Kier alpha value is -2.89. The maximum atomic E-state index is 11.3. The van der Waals surface area contributed by atoms with Gasteiger partial charge in [-0.2, -0.15) is 0 Å². The number of benzene rings is 1. The SMILES string of the molecule is COC(=O)c1ccc(OCCN=[N+]=[N-])c(N=[N+]=[N-])c1. The first-order valence-corrected chi connectivity index (χ1v) is 5.14. The third kappa shape index (κ3) is 4.12. The Labute approximate surface area is 108 Å². The highest BCUT2D eigenvalue weighted by atomic mass is 16.5. The van der Waals surface area contributed by atoms with E-state index in [1.807, 2.05) is 0 Å². The van der Waals surface area contributed by atoms with Crippen LogP contribution in [-0.4, -0.2) is 26.2 Å². The van der Waals surface area contributed by atoms with Crippen molar-refractivity contribution >= 4 is 11.7 Å². The van der Waals surface area contributed by atoms with Gasteiger partial charge in [-0.25, -0.2) is 4.79 Å². The summed E-state index contributed by atoms with van der Waals surface area (Å²) >= 11 is 0. The summed E-state index contributed by atoms with van der Waals surface area (Å²) in [5.41, 5.74) is 17.0. The Morgan fingerprint density at radius 1 is 1.37 bits per heavy atom. The molecule has 9 heteroatoms. The third-order valence-electron chi connectivity index (χ3n) is 2.04. The average Bonchev–Trinajstić information content (AvgIpc) is 2.44. The molecular weight excluding hydrogens is 252 g/mol. The van der Waals surface area contributed by atoms with Gasteiger partial charge < -0.3 is 9.47 Å². The molecule has 1 aromatic carbocycles. The molecule has 0 heterocycles. The van der Waals surface area contributed by atoms with E-state index < -0.39 is 5.97 Å². The molecule has 0 aliphatic rings. The molecule has 0 radical (unpaired) electrons. The number of carbonyl (C=O) groups excluding carboxylic acids is 1. The normalized spacial score (nSPS) is 8.89. The van der Waals surface area contributed by atoms with Gasteiger partial charge in [-0.3, -0.25) is 0 Å². The first kappa shape index (κ1) is 14.2. The van der Waals surface area contributed by atoms with Crippen LogP contribution in [0.2, 0.25) is 0 Å². The van der Waals surface area contributed by atoms with E-state index in [2.05, 4.69) is 24.8 Å². The lowest BCUT2D eigenvalue weighted by atomic mass is 10.2. The molecule has 0 amide bonds. The fourth-order valence-corrected chi connectivity index (χ4v) is 1.25. The fourth-order valence-electron chi connectivity index (χ4n) is 1.25. The maximum Gasteiger partial charge on any atom is 0.337 e. The van der Waals surface area contributed by atoms with Gasteiger partial charge in [0.2, 0.25) is 0 Å². The van der Waals surface area contributed by atoms with Gasteiger partial charge in [0.05, 0.1) is 31.5 Å². The van der Waals surface area contributed by atoms with E-state index in [0.717, 1.165) is 0 Å². The van der Waals surface area contributed by atoms with Crippen LogP contribution >= 0.6 is 0 Å². The van der Waals surface area contributed by atoms with Crippen LogP contribution in [0.25, 0.3) is 20.9 Å². The van der Waals surface area contributed by atoms with Crippen molar-refractivity contribution in [2.45, 2.75) is 0 Å². The zero-order valence-corrected chi connectivity index (χ0v) is 10.1. The van der Waals surface area contributed by atoms with Crippen LogP contribution in [0.4, 0.5) is 5.69 Å². The van der Waals surface area contributed by atoms with Gasteiger partial charge in [-0.15, -0.1) is 0 Å². The monoisotopic (exact) mass is 262 g/mol. The number of azide groups is 2. The fraction of sp³-hybridized carbons (Fsp3) is 0.300. The Balaban J connectivity index is 2.94. The van der Waals surface area contributed by atoms with Crippen LogP contribution in [0.15, 0.2) is 28.4 Å². The summed E-state index contributed by atoms with van der Waals surface area (Å²) in [6.45, 7) is 0.278. The van der Waals surface area contributed by atoms with E-state index in [-0.39, 0.29) is 24.4 Å². The number of rotatable bonds is 6. The van der Waals surface area contributed by atoms with Gasteiger partial charge in [-0.1, -0.05) is 10.2 Å². The van der Waals surface area contributed by atoms with Crippen molar-refractivity contribution in [3.05, 3.63) is 44.6 Å². The summed E-state index contributed by atoms with van der Waals surface area (Å²) in [5, 5.41) is 6.73. The number of nitrogens with zero attached hydrogens (tertiary/aromatic N) is 6. The second-order valence-corrected chi connectivity index (χ2v) is 3.17. The van der Waals surface area contributed by atoms with E-state index in [9.17, 15) is 4.79 Å². The molecule has 0 saturated carbocycles. The van der Waals surface area contributed by atoms with Crippen LogP contribution in [0.3, 0.4) is 0 Å². The average molecular weight is 262 g/mol. The lowest BCUT2D eigenvalue weighted by Crippen LogP contribution is -2.03. The highest BCUT2D eigenvalue weighted by Crippen LogP contribution is 2.29. The molecule has 98 valence electrons. The van der Waals surface area contributed by atoms with Crippen LogP contribution in [-0.2, 0) is 4.74 Å². The third-order valence-corrected chi connectivity index (χ3v) is 2.04. The molecule has 1 aromatic rings. The first-order chi connectivity index (χ1) is 9.22. The first-order valence-electron chi connectivity index (χ1n) is 5.14. The summed E-state index contributed by atoms with van der Waals surface area (Å²) in [5.74, 6) is -0.256. The predicted molar refractivity (Wildman–Crippen MR) is 66.1 cm³/mol. The molecule has 0 unspecified atom stereocenters. The van der Waals surface area contributed by atoms with Gasteiger partial charge in [0.1, 0.15) is 5.75 Å². The van der Waals surface area contributed by atoms with Crippen molar-refractivity contribution < 1.29 is 14.3 Å². The van der Waals surface area contributed by atoms with Crippen molar-refractivity contribution in [2.24, 2.45) is 10.2 Å². The minimum absolute atomic E-state index is 0.135. The molecule has 0 aromatic heterocycles. The second kappa shape index (κ2) is 7.44. The van der Waals surface area contributed by atoms with Gasteiger partial charge in [0.25, 0.3) is 0 Å². The minimum Gasteiger partial charge on any atom is -0.493 e. The molecule has 0 spiro atoms. The van der Waals surface area contributed by atoms with Crippen molar-refractivity contribution in [3.8, 4) is 5.75 Å². The topological polar surface area (TPSA) is 133 Å². The van der Waals surface area contributed by atoms with Crippen LogP contribution < -0.4 is 4.74 Å². The summed E-state index contributed by atoms with van der Waals surface area (Å²) in [6, 6.07) is 4.31. The highest BCUT2D eigenvalue weighted by Gasteiger charge is 2.09. The van der Waals surface area contributed by atoms with Gasteiger partial charge in [0, 0.05) is 9.82 Å². The smallest absolute Gasteiger partial charge is 0.337 e. The summed E-state index contributed by atoms with van der Waals surface area (Å²) in [6.07, 6.45) is 0. The van der Waals surface area contributed by atoms with Gasteiger partial charge in [0.15, 0.2) is 0 Å². The van der Waals surface area contributed by atoms with Gasteiger partial charge in [-0.05, 0) is 29.3 Å². The Morgan fingerprint density at radius 2 is 2.16 bits per heavy atom. The van der Waals surface area contributed by atoms with Crippen molar-refractivity contribution in [2.75, 3.05) is 20.3 Å². The van der Waals surface area contributed by atoms with Crippen molar-refractivity contribution in [3.63, 3.8) is 0 Å². The molecule has 9 nitrogen and oxygen atoms in total. The molecule has 0 saturated heterocycles. The van der Waals surface area contributed by atoms with E-state index in [0.29, 0.717) is 5.75 Å². The lowest BCUT2D eigenvalue weighted by molar-refractivity contribution is 0.0600. The molecule has 0 aliphatic heterocycles.